The Morgan fingerprint density at radius 1 is 1.47 bits per heavy atom. The molecular weight excluding hydrogens is 214 g/mol. The summed E-state index contributed by atoms with van der Waals surface area (Å²) in [6, 6.07) is 7.88. The van der Waals surface area contributed by atoms with Crippen LogP contribution in [0.2, 0.25) is 0 Å². The molecule has 0 aliphatic carbocycles. The van der Waals surface area contributed by atoms with Crippen molar-refractivity contribution in [3.05, 3.63) is 41.5 Å². The number of carbonyl (C=O) groups is 1. The Balaban J connectivity index is 2.49. The van der Waals surface area contributed by atoms with Crippen LogP contribution in [0.4, 0.5) is 0 Å². The zero-order valence-electron chi connectivity index (χ0n) is 10.3. The molecule has 17 heavy (non-hydrogen) atoms. The van der Waals surface area contributed by atoms with Gasteiger partial charge in [-0.15, -0.1) is 0 Å². The van der Waals surface area contributed by atoms with Crippen LogP contribution in [0, 0.1) is 12.8 Å². The van der Waals surface area contributed by atoms with E-state index in [0.717, 1.165) is 11.1 Å². The Bertz CT molecular complexity index is 399. The van der Waals surface area contributed by atoms with Gasteiger partial charge in [-0.25, -0.2) is 0 Å². The molecule has 0 heterocycles. The first-order valence-corrected chi connectivity index (χ1v) is 5.76. The van der Waals surface area contributed by atoms with E-state index in [1.54, 1.807) is 6.08 Å². The zero-order chi connectivity index (χ0) is 12.7. The van der Waals surface area contributed by atoms with Crippen molar-refractivity contribution in [1.82, 2.24) is 5.32 Å². The van der Waals surface area contributed by atoms with Crippen molar-refractivity contribution >= 4 is 12.0 Å². The lowest BCUT2D eigenvalue weighted by Gasteiger charge is -2.07. The molecule has 0 spiro atoms. The summed E-state index contributed by atoms with van der Waals surface area (Å²) in [5.41, 5.74) is 2.18. The lowest BCUT2D eigenvalue weighted by atomic mass is 10.1. The molecule has 2 N–H and O–H groups in total. The summed E-state index contributed by atoms with van der Waals surface area (Å²) in [5.74, 6) is -0.0423. The molecule has 0 fully saturated rings. The number of hydrogen-bond donors (Lipinski definition) is 2. The van der Waals surface area contributed by atoms with E-state index in [1.165, 1.54) is 6.08 Å². The standard InChI is InChI=1S/C14H19NO2/c1-11(10-16)9-15-14(17)8-7-13-6-4-3-5-12(13)2/h3-8,11,16H,9-10H2,1-2H3,(H,15,17). The number of amides is 1. The highest BCUT2D eigenvalue weighted by molar-refractivity contribution is 5.91. The number of benzene rings is 1. The van der Waals surface area contributed by atoms with Crippen LogP contribution in [0.3, 0.4) is 0 Å². The number of aliphatic hydroxyl groups excluding tert-OH is 1. The fourth-order valence-corrected chi connectivity index (χ4v) is 1.34. The maximum atomic E-state index is 11.5. The van der Waals surface area contributed by atoms with Crippen molar-refractivity contribution in [2.45, 2.75) is 13.8 Å². The molecule has 3 heteroatoms. The lowest BCUT2D eigenvalue weighted by Crippen LogP contribution is -2.27. The highest BCUT2D eigenvalue weighted by Crippen LogP contribution is 2.08. The summed E-state index contributed by atoms with van der Waals surface area (Å²) >= 11 is 0. The number of aryl methyl sites for hydroxylation is 1. The number of hydrogen-bond acceptors (Lipinski definition) is 2. The van der Waals surface area contributed by atoms with Crippen molar-refractivity contribution in [3.8, 4) is 0 Å². The fraction of sp³-hybridized carbons (Fsp3) is 0.357. The minimum atomic E-state index is -0.131. The molecule has 0 aromatic heterocycles. The smallest absolute Gasteiger partial charge is 0.244 e. The first kappa shape index (κ1) is 13.5. The topological polar surface area (TPSA) is 49.3 Å². The number of carbonyl (C=O) groups excluding carboxylic acids is 1. The molecule has 1 aromatic rings. The second kappa shape index (κ2) is 6.86. The highest BCUT2D eigenvalue weighted by atomic mass is 16.3. The molecule has 0 saturated carbocycles. The van der Waals surface area contributed by atoms with E-state index in [0.29, 0.717) is 6.54 Å². The third kappa shape index (κ3) is 4.83. The minimum absolute atomic E-state index is 0.0851. The number of aliphatic hydroxyl groups is 1. The molecule has 1 atom stereocenters. The van der Waals surface area contributed by atoms with E-state index in [-0.39, 0.29) is 18.4 Å². The normalized spacial score (nSPS) is 12.6. The average molecular weight is 233 g/mol. The summed E-state index contributed by atoms with van der Waals surface area (Å²) in [7, 11) is 0. The van der Waals surface area contributed by atoms with Gasteiger partial charge in [0.25, 0.3) is 0 Å². The molecule has 0 aliphatic rings. The molecular formula is C14H19NO2. The summed E-state index contributed by atoms with van der Waals surface area (Å²) in [5, 5.41) is 11.6. The van der Waals surface area contributed by atoms with Crippen LogP contribution in [-0.2, 0) is 4.79 Å². The molecule has 1 aromatic carbocycles. The molecule has 0 saturated heterocycles. The van der Waals surface area contributed by atoms with E-state index in [9.17, 15) is 4.79 Å². The van der Waals surface area contributed by atoms with E-state index in [1.807, 2.05) is 38.1 Å². The van der Waals surface area contributed by atoms with Gasteiger partial charge in [0, 0.05) is 19.2 Å². The predicted molar refractivity (Wildman–Crippen MR) is 69.5 cm³/mol. The Morgan fingerprint density at radius 2 is 2.18 bits per heavy atom. The van der Waals surface area contributed by atoms with Crippen LogP contribution < -0.4 is 5.32 Å². The lowest BCUT2D eigenvalue weighted by molar-refractivity contribution is -0.116. The van der Waals surface area contributed by atoms with Crippen LogP contribution in [0.1, 0.15) is 18.1 Å². The van der Waals surface area contributed by atoms with Gasteiger partial charge < -0.3 is 10.4 Å². The predicted octanol–water partition coefficient (Wildman–Crippen LogP) is 1.75. The molecule has 1 rings (SSSR count). The Labute approximate surface area is 102 Å². The minimum Gasteiger partial charge on any atom is -0.396 e. The third-order valence-corrected chi connectivity index (χ3v) is 2.54. The molecule has 1 amide bonds. The van der Waals surface area contributed by atoms with E-state index < -0.39 is 0 Å². The van der Waals surface area contributed by atoms with Crippen LogP contribution in [-0.4, -0.2) is 24.2 Å². The first-order chi connectivity index (χ1) is 8.13. The molecule has 0 bridgehead atoms. The molecule has 3 nitrogen and oxygen atoms in total. The molecule has 0 radical (unpaired) electrons. The van der Waals surface area contributed by atoms with Gasteiger partial charge in [0.15, 0.2) is 0 Å². The van der Waals surface area contributed by atoms with Gasteiger partial charge in [-0.1, -0.05) is 31.2 Å². The van der Waals surface area contributed by atoms with Gasteiger partial charge in [0.2, 0.25) is 5.91 Å². The molecule has 92 valence electrons. The summed E-state index contributed by atoms with van der Waals surface area (Å²) in [6.07, 6.45) is 3.32. The van der Waals surface area contributed by atoms with Crippen molar-refractivity contribution < 1.29 is 9.90 Å². The third-order valence-electron chi connectivity index (χ3n) is 2.54. The Kier molecular flexibility index (Phi) is 5.43. The van der Waals surface area contributed by atoms with Crippen molar-refractivity contribution in [3.63, 3.8) is 0 Å². The summed E-state index contributed by atoms with van der Waals surface area (Å²) in [6.45, 7) is 4.46. The maximum absolute atomic E-state index is 11.5. The largest absolute Gasteiger partial charge is 0.396 e. The van der Waals surface area contributed by atoms with E-state index >= 15 is 0 Å². The van der Waals surface area contributed by atoms with Crippen LogP contribution in [0.25, 0.3) is 6.08 Å². The molecule has 1 unspecified atom stereocenters. The van der Waals surface area contributed by atoms with Crippen molar-refractivity contribution in [2.75, 3.05) is 13.2 Å². The fourth-order valence-electron chi connectivity index (χ4n) is 1.34. The van der Waals surface area contributed by atoms with Crippen molar-refractivity contribution in [2.24, 2.45) is 5.92 Å². The monoisotopic (exact) mass is 233 g/mol. The van der Waals surface area contributed by atoms with Gasteiger partial charge in [0.05, 0.1) is 0 Å². The van der Waals surface area contributed by atoms with Crippen LogP contribution in [0.5, 0.6) is 0 Å². The van der Waals surface area contributed by atoms with Gasteiger partial charge in [-0.3, -0.25) is 4.79 Å². The van der Waals surface area contributed by atoms with Gasteiger partial charge in [-0.2, -0.15) is 0 Å². The zero-order valence-corrected chi connectivity index (χ0v) is 10.3. The second-order valence-electron chi connectivity index (χ2n) is 4.22. The summed E-state index contributed by atoms with van der Waals surface area (Å²) in [4.78, 5) is 11.5. The quantitative estimate of drug-likeness (QED) is 0.761. The van der Waals surface area contributed by atoms with E-state index in [2.05, 4.69) is 5.32 Å². The first-order valence-electron chi connectivity index (χ1n) is 5.76. The van der Waals surface area contributed by atoms with E-state index in [4.69, 9.17) is 5.11 Å². The van der Waals surface area contributed by atoms with Gasteiger partial charge >= 0.3 is 0 Å². The SMILES string of the molecule is Cc1ccccc1C=CC(=O)NCC(C)CO. The average Bonchev–Trinajstić information content (AvgIpc) is 2.35. The van der Waals surface area contributed by atoms with Crippen LogP contribution >= 0.6 is 0 Å². The van der Waals surface area contributed by atoms with Gasteiger partial charge in [-0.05, 0) is 30.0 Å². The second-order valence-corrected chi connectivity index (χ2v) is 4.22. The number of rotatable bonds is 5. The van der Waals surface area contributed by atoms with Gasteiger partial charge in [0.1, 0.15) is 0 Å². The van der Waals surface area contributed by atoms with Crippen molar-refractivity contribution in [1.29, 1.82) is 0 Å². The summed E-state index contributed by atoms with van der Waals surface area (Å²) < 4.78 is 0. The maximum Gasteiger partial charge on any atom is 0.244 e. The Hall–Kier alpha value is -1.61. The van der Waals surface area contributed by atoms with Crippen LogP contribution in [0.15, 0.2) is 30.3 Å². The number of nitrogens with one attached hydrogen (secondary N) is 1. The Morgan fingerprint density at radius 3 is 2.82 bits per heavy atom. The highest BCUT2D eigenvalue weighted by Gasteiger charge is 2.01. The molecule has 0 aliphatic heterocycles.